The molecular weight excluding hydrogens is 412 g/mol. The van der Waals surface area contributed by atoms with Crippen molar-refractivity contribution >= 4 is 28.8 Å². The van der Waals surface area contributed by atoms with E-state index < -0.39 is 12.0 Å². The molecule has 2 aromatic carbocycles. The second-order valence-corrected chi connectivity index (χ2v) is 8.19. The largest absolute Gasteiger partial charge is 0.495 e. The first-order valence-electron chi connectivity index (χ1n) is 10.0. The Morgan fingerprint density at radius 2 is 1.84 bits per heavy atom. The predicted octanol–water partition coefficient (Wildman–Crippen LogP) is 4.32. The Balaban J connectivity index is 1.80. The van der Waals surface area contributed by atoms with Gasteiger partial charge in [0.05, 0.1) is 31.4 Å². The van der Waals surface area contributed by atoms with Crippen LogP contribution in [-0.2, 0) is 9.53 Å². The average molecular weight is 437 g/mol. The van der Waals surface area contributed by atoms with Crippen molar-refractivity contribution in [2.45, 2.75) is 12.0 Å². The summed E-state index contributed by atoms with van der Waals surface area (Å²) in [4.78, 5) is 29.8. The topological polar surface area (TPSA) is 67.9 Å². The molecule has 4 rings (SSSR count). The number of ether oxygens (including phenoxy) is 2. The Morgan fingerprint density at radius 1 is 1.06 bits per heavy atom. The predicted molar refractivity (Wildman–Crippen MR) is 121 cm³/mol. The lowest BCUT2D eigenvalue weighted by molar-refractivity contribution is -0.119. The molecule has 2 atom stereocenters. The van der Waals surface area contributed by atoms with Crippen molar-refractivity contribution in [2.75, 3.05) is 32.7 Å². The van der Waals surface area contributed by atoms with Gasteiger partial charge in [-0.15, -0.1) is 11.3 Å². The van der Waals surface area contributed by atoms with E-state index in [2.05, 4.69) is 5.32 Å². The minimum atomic E-state index is -0.575. The summed E-state index contributed by atoms with van der Waals surface area (Å²) in [7, 11) is 3.18. The first-order chi connectivity index (χ1) is 15.2. The zero-order chi connectivity index (χ0) is 21.8. The lowest BCUT2D eigenvalue weighted by Gasteiger charge is -2.41. The third-order valence-electron chi connectivity index (χ3n) is 5.46. The number of para-hydroxylation sites is 2. The van der Waals surface area contributed by atoms with E-state index in [0.717, 1.165) is 10.4 Å². The van der Waals surface area contributed by atoms with Gasteiger partial charge in [-0.3, -0.25) is 9.59 Å². The molecule has 0 bridgehead atoms. The molecule has 2 heterocycles. The summed E-state index contributed by atoms with van der Waals surface area (Å²) in [6.45, 7) is 0.779. The molecular formula is C24H24N2O4S. The highest BCUT2D eigenvalue weighted by Gasteiger charge is 2.44. The highest BCUT2D eigenvalue weighted by Crippen LogP contribution is 2.44. The van der Waals surface area contributed by atoms with Gasteiger partial charge in [-0.05, 0) is 35.2 Å². The number of hydrogen-bond acceptors (Lipinski definition) is 5. The van der Waals surface area contributed by atoms with Crippen LogP contribution in [0.25, 0.3) is 0 Å². The fraction of sp³-hybridized carbons (Fsp3) is 0.250. The van der Waals surface area contributed by atoms with Gasteiger partial charge in [0.1, 0.15) is 5.75 Å². The highest BCUT2D eigenvalue weighted by molar-refractivity contribution is 7.10. The molecule has 1 N–H and O–H groups in total. The van der Waals surface area contributed by atoms with Crippen LogP contribution in [0.3, 0.4) is 0 Å². The van der Waals surface area contributed by atoms with Crippen molar-refractivity contribution in [1.29, 1.82) is 0 Å². The molecule has 0 unspecified atom stereocenters. The van der Waals surface area contributed by atoms with Crippen LogP contribution in [0.1, 0.15) is 32.8 Å². The van der Waals surface area contributed by atoms with Crippen LogP contribution in [-0.4, -0.2) is 44.1 Å². The van der Waals surface area contributed by atoms with Crippen LogP contribution in [0, 0.1) is 0 Å². The van der Waals surface area contributed by atoms with Crippen LogP contribution < -0.4 is 10.1 Å². The molecule has 0 aliphatic carbocycles. The maximum atomic E-state index is 13.7. The van der Waals surface area contributed by atoms with Crippen LogP contribution in [0.5, 0.6) is 5.75 Å². The zero-order valence-electron chi connectivity index (χ0n) is 17.4. The summed E-state index contributed by atoms with van der Waals surface area (Å²) in [5.74, 6) is -0.271. The van der Waals surface area contributed by atoms with Gasteiger partial charge in [-0.25, -0.2) is 0 Å². The first-order valence-corrected chi connectivity index (χ1v) is 10.9. The molecule has 0 spiro atoms. The molecule has 0 fully saturated rings. The number of amides is 2. The maximum absolute atomic E-state index is 13.7. The van der Waals surface area contributed by atoms with E-state index in [0.29, 0.717) is 30.2 Å². The summed E-state index contributed by atoms with van der Waals surface area (Å²) >= 11 is 1.54. The Morgan fingerprint density at radius 3 is 2.58 bits per heavy atom. The smallest absolute Gasteiger partial charge is 0.254 e. The van der Waals surface area contributed by atoms with Gasteiger partial charge in [0.25, 0.3) is 5.91 Å². The van der Waals surface area contributed by atoms with Crippen molar-refractivity contribution in [3.05, 3.63) is 82.0 Å². The van der Waals surface area contributed by atoms with E-state index in [1.165, 1.54) is 11.3 Å². The van der Waals surface area contributed by atoms with E-state index in [1.807, 2.05) is 47.8 Å². The highest BCUT2D eigenvalue weighted by atomic mass is 32.1. The minimum absolute atomic E-state index is 0.0904. The summed E-state index contributed by atoms with van der Waals surface area (Å²) in [6, 6.07) is 18.1. The van der Waals surface area contributed by atoms with E-state index >= 15 is 0 Å². The zero-order valence-corrected chi connectivity index (χ0v) is 18.2. The van der Waals surface area contributed by atoms with Crippen LogP contribution in [0.4, 0.5) is 5.69 Å². The quantitative estimate of drug-likeness (QED) is 0.599. The van der Waals surface area contributed by atoms with Gasteiger partial charge in [-0.2, -0.15) is 0 Å². The van der Waals surface area contributed by atoms with Crippen molar-refractivity contribution in [1.82, 2.24) is 4.90 Å². The number of benzene rings is 2. The van der Waals surface area contributed by atoms with Crippen LogP contribution in [0.15, 0.2) is 66.0 Å². The number of methoxy groups -OCH3 is 2. The second-order valence-electron chi connectivity index (χ2n) is 7.21. The molecule has 6 nitrogen and oxygen atoms in total. The van der Waals surface area contributed by atoms with Gasteiger partial charge in [0.2, 0.25) is 5.91 Å². The van der Waals surface area contributed by atoms with Crippen LogP contribution in [0.2, 0.25) is 0 Å². The molecule has 0 saturated heterocycles. The lowest BCUT2D eigenvalue weighted by atomic mass is 9.81. The van der Waals surface area contributed by atoms with Crippen molar-refractivity contribution in [3.8, 4) is 5.75 Å². The molecule has 2 amide bonds. The number of carbonyl (C=O) groups is 2. The number of rotatable bonds is 7. The van der Waals surface area contributed by atoms with Crippen molar-refractivity contribution in [2.24, 2.45) is 0 Å². The molecule has 1 aromatic heterocycles. The van der Waals surface area contributed by atoms with Gasteiger partial charge in [0, 0.05) is 24.1 Å². The molecule has 160 valence electrons. The van der Waals surface area contributed by atoms with E-state index in [9.17, 15) is 9.59 Å². The summed E-state index contributed by atoms with van der Waals surface area (Å²) in [5, 5.41) is 4.99. The number of anilines is 1. The number of nitrogens with zero attached hydrogens (tertiary/aromatic N) is 1. The number of nitrogens with one attached hydrogen (secondary N) is 1. The van der Waals surface area contributed by atoms with E-state index in [4.69, 9.17) is 9.47 Å². The number of fused-ring (bicyclic) bond motifs is 1. The first kappa shape index (κ1) is 21.1. The normalized spacial score (nSPS) is 17.9. The Labute approximate surface area is 185 Å². The van der Waals surface area contributed by atoms with Gasteiger partial charge in [-0.1, -0.05) is 36.4 Å². The third-order valence-corrected chi connectivity index (χ3v) is 6.40. The summed E-state index contributed by atoms with van der Waals surface area (Å²) in [5.41, 5.74) is 1.87. The molecule has 31 heavy (non-hydrogen) atoms. The average Bonchev–Trinajstić information content (AvgIpc) is 3.33. The van der Waals surface area contributed by atoms with Crippen LogP contribution >= 0.6 is 11.3 Å². The SMILES string of the molecule is COCCN1C(=O)c2ccccc2[C@@H](C(=O)Nc2ccccc2OC)[C@@H]1c1cccs1. The summed E-state index contributed by atoms with van der Waals surface area (Å²) < 4.78 is 10.7. The lowest BCUT2D eigenvalue weighted by Crippen LogP contribution is -2.47. The monoisotopic (exact) mass is 436 g/mol. The molecule has 0 saturated carbocycles. The van der Waals surface area contributed by atoms with Gasteiger partial charge < -0.3 is 19.7 Å². The van der Waals surface area contributed by atoms with E-state index in [-0.39, 0.29) is 11.8 Å². The maximum Gasteiger partial charge on any atom is 0.254 e. The molecule has 7 heteroatoms. The Kier molecular flexibility index (Phi) is 6.34. The van der Waals surface area contributed by atoms with Gasteiger partial charge >= 0.3 is 0 Å². The molecule has 3 aromatic rings. The Bertz CT molecular complexity index is 1070. The molecule has 1 aliphatic rings. The standard InChI is InChI=1S/C24H24N2O4S/c1-29-14-13-26-22(20-12-7-15-31-20)21(16-8-3-4-9-17(16)24(26)28)23(27)25-18-10-5-6-11-19(18)30-2/h3-12,15,21-22H,13-14H2,1-2H3,(H,25,27)/t21-,22+/m1/s1. The molecule has 1 aliphatic heterocycles. The fourth-order valence-electron chi connectivity index (χ4n) is 4.04. The summed E-state index contributed by atoms with van der Waals surface area (Å²) in [6.07, 6.45) is 0. The minimum Gasteiger partial charge on any atom is -0.495 e. The Hall–Kier alpha value is -3.16. The second kappa shape index (κ2) is 9.32. The van der Waals surface area contributed by atoms with Gasteiger partial charge in [0.15, 0.2) is 0 Å². The number of carbonyl (C=O) groups excluding carboxylic acids is 2. The van der Waals surface area contributed by atoms with E-state index in [1.54, 1.807) is 37.3 Å². The fourth-order valence-corrected chi connectivity index (χ4v) is 4.92. The number of hydrogen-bond donors (Lipinski definition) is 1. The van der Waals surface area contributed by atoms with Crippen molar-refractivity contribution in [3.63, 3.8) is 0 Å². The number of thiophene rings is 1. The van der Waals surface area contributed by atoms with Crippen molar-refractivity contribution < 1.29 is 19.1 Å². The third kappa shape index (κ3) is 4.06. The molecule has 0 radical (unpaired) electrons.